The van der Waals surface area contributed by atoms with Gasteiger partial charge in [0.2, 0.25) is 0 Å². The van der Waals surface area contributed by atoms with Crippen molar-refractivity contribution < 1.29 is 0 Å². The number of hydrogen-bond acceptors (Lipinski definition) is 3. The SMILES string of the molecule is CCCc1nccn1-c1nccc(C)c1CN. The first kappa shape index (κ1) is 11.8. The van der Waals surface area contributed by atoms with Gasteiger partial charge in [0, 0.05) is 37.1 Å². The molecule has 2 aromatic rings. The molecule has 2 N–H and O–H groups in total. The second-order valence-electron chi connectivity index (χ2n) is 4.10. The van der Waals surface area contributed by atoms with Crippen molar-refractivity contribution in [3.63, 3.8) is 0 Å². The van der Waals surface area contributed by atoms with Crippen LogP contribution >= 0.6 is 0 Å². The fourth-order valence-electron chi connectivity index (χ4n) is 1.97. The van der Waals surface area contributed by atoms with E-state index in [1.165, 1.54) is 5.56 Å². The van der Waals surface area contributed by atoms with Crippen LogP contribution in [0, 0.1) is 6.92 Å². The van der Waals surface area contributed by atoms with Gasteiger partial charge in [0.1, 0.15) is 11.6 Å². The molecule has 2 heterocycles. The fourth-order valence-corrected chi connectivity index (χ4v) is 1.97. The largest absolute Gasteiger partial charge is 0.326 e. The summed E-state index contributed by atoms with van der Waals surface area (Å²) in [6.45, 7) is 4.70. The highest BCUT2D eigenvalue weighted by Gasteiger charge is 2.10. The van der Waals surface area contributed by atoms with Crippen LogP contribution in [0.15, 0.2) is 24.7 Å². The molecule has 0 fully saturated rings. The second-order valence-corrected chi connectivity index (χ2v) is 4.10. The Balaban J connectivity index is 2.52. The highest BCUT2D eigenvalue weighted by molar-refractivity contribution is 5.40. The molecular weight excluding hydrogens is 212 g/mol. The van der Waals surface area contributed by atoms with Crippen LogP contribution in [0.3, 0.4) is 0 Å². The number of aryl methyl sites for hydroxylation is 2. The summed E-state index contributed by atoms with van der Waals surface area (Å²) in [7, 11) is 0. The zero-order chi connectivity index (χ0) is 12.3. The second kappa shape index (κ2) is 5.10. The van der Waals surface area contributed by atoms with E-state index < -0.39 is 0 Å². The average Bonchev–Trinajstić information content (AvgIpc) is 2.77. The lowest BCUT2D eigenvalue weighted by atomic mass is 10.1. The summed E-state index contributed by atoms with van der Waals surface area (Å²) in [6, 6.07) is 1.99. The van der Waals surface area contributed by atoms with E-state index in [0.717, 1.165) is 30.0 Å². The quantitative estimate of drug-likeness (QED) is 0.873. The molecular formula is C13H18N4. The molecule has 0 aliphatic heterocycles. The van der Waals surface area contributed by atoms with E-state index in [1.807, 2.05) is 29.2 Å². The molecule has 0 radical (unpaired) electrons. The van der Waals surface area contributed by atoms with Gasteiger partial charge in [-0.3, -0.25) is 4.57 Å². The van der Waals surface area contributed by atoms with Crippen LogP contribution in [0.1, 0.15) is 30.3 Å². The number of rotatable bonds is 4. The van der Waals surface area contributed by atoms with Crippen LogP contribution in [0.5, 0.6) is 0 Å². The van der Waals surface area contributed by atoms with Gasteiger partial charge < -0.3 is 5.73 Å². The van der Waals surface area contributed by atoms with E-state index in [0.29, 0.717) is 6.54 Å². The number of nitrogens with zero attached hydrogens (tertiary/aromatic N) is 3. The average molecular weight is 230 g/mol. The van der Waals surface area contributed by atoms with E-state index in [4.69, 9.17) is 5.73 Å². The Labute approximate surface area is 102 Å². The zero-order valence-electron chi connectivity index (χ0n) is 10.3. The van der Waals surface area contributed by atoms with Gasteiger partial charge in [0.25, 0.3) is 0 Å². The van der Waals surface area contributed by atoms with Gasteiger partial charge >= 0.3 is 0 Å². The Morgan fingerprint density at radius 1 is 1.29 bits per heavy atom. The van der Waals surface area contributed by atoms with E-state index in [-0.39, 0.29) is 0 Å². The molecule has 0 unspecified atom stereocenters. The van der Waals surface area contributed by atoms with Gasteiger partial charge in [-0.05, 0) is 25.0 Å². The molecule has 0 atom stereocenters. The minimum atomic E-state index is 0.499. The molecule has 2 aromatic heterocycles. The summed E-state index contributed by atoms with van der Waals surface area (Å²) in [5.41, 5.74) is 8.07. The Kier molecular flexibility index (Phi) is 3.54. The first-order chi connectivity index (χ1) is 8.27. The molecule has 0 saturated heterocycles. The van der Waals surface area contributed by atoms with Crippen molar-refractivity contribution in [1.82, 2.24) is 14.5 Å². The van der Waals surface area contributed by atoms with E-state index in [9.17, 15) is 0 Å². The predicted octanol–water partition coefficient (Wildman–Crippen LogP) is 1.99. The maximum absolute atomic E-state index is 5.81. The van der Waals surface area contributed by atoms with E-state index in [1.54, 1.807) is 0 Å². The summed E-state index contributed by atoms with van der Waals surface area (Å²) in [6.07, 6.45) is 7.61. The van der Waals surface area contributed by atoms with Crippen LogP contribution < -0.4 is 5.73 Å². The van der Waals surface area contributed by atoms with Gasteiger partial charge in [-0.2, -0.15) is 0 Å². The highest BCUT2D eigenvalue weighted by Crippen LogP contribution is 2.17. The standard InChI is InChI=1S/C13H18N4/c1-3-4-12-15-7-8-17(12)13-11(9-14)10(2)5-6-16-13/h5-8H,3-4,9,14H2,1-2H3. The summed E-state index contributed by atoms with van der Waals surface area (Å²) >= 11 is 0. The molecule has 4 heteroatoms. The van der Waals surface area contributed by atoms with Crippen molar-refractivity contribution in [3.8, 4) is 5.82 Å². The van der Waals surface area contributed by atoms with Gasteiger partial charge in [-0.1, -0.05) is 6.92 Å². The molecule has 0 aromatic carbocycles. The Morgan fingerprint density at radius 2 is 2.12 bits per heavy atom. The van der Waals surface area contributed by atoms with Crippen LogP contribution in [-0.2, 0) is 13.0 Å². The van der Waals surface area contributed by atoms with Crippen molar-refractivity contribution in [2.45, 2.75) is 33.2 Å². The number of imidazole rings is 1. The molecule has 0 bridgehead atoms. The predicted molar refractivity (Wildman–Crippen MR) is 68.0 cm³/mol. The fraction of sp³-hybridized carbons (Fsp3) is 0.385. The van der Waals surface area contributed by atoms with Crippen molar-refractivity contribution >= 4 is 0 Å². The lowest BCUT2D eigenvalue weighted by Gasteiger charge is -2.12. The maximum atomic E-state index is 5.81. The van der Waals surface area contributed by atoms with Gasteiger partial charge in [0.05, 0.1) is 0 Å². The first-order valence-corrected chi connectivity index (χ1v) is 5.95. The Bertz CT molecular complexity index is 502. The van der Waals surface area contributed by atoms with Crippen molar-refractivity contribution in [2.24, 2.45) is 5.73 Å². The molecule has 0 spiro atoms. The number of hydrogen-bond donors (Lipinski definition) is 1. The molecule has 0 amide bonds. The third-order valence-electron chi connectivity index (χ3n) is 2.89. The molecule has 0 aliphatic rings. The molecule has 4 nitrogen and oxygen atoms in total. The third kappa shape index (κ3) is 2.22. The molecule has 2 rings (SSSR count). The normalized spacial score (nSPS) is 10.8. The number of aromatic nitrogens is 3. The van der Waals surface area contributed by atoms with E-state index >= 15 is 0 Å². The highest BCUT2D eigenvalue weighted by atomic mass is 15.1. The summed E-state index contributed by atoms with van der Waals surface area (Å²) < 4.78 is 2.04. The lowest BCUT2D eigenvalue weighted by Crippen LogP contribution is -2.10. The Morgan fingerprint density at radius 3 is 2.82 bits per heavy atom. The third-order valence-corrected chi connectivity index (χ3v) is 2.89. The molecule has 0 aliphatic carbocycles. The van der Waals surface area contributed by atoms with Crippen LogP contribution in [0.4, 0.5) is 0 Å². The topological polar surface area (TPSA) is 56.7 Å². The summed E-state index contributed by atoms with van der Waals surface area (Å²) in [4.78, 5) is 8.81. The van der Waals surface area contributed by atoms with Crippen LogP contribution in [-0.4, -0.2) is 14.5 Å². The summed E-state index contributed by atoms with van der Waals surface area (Å²) in [5.74, 6) is 1.95. The van der Waals surface area contributed by atoms with Gasteiger partial charge in [-0.25, -0.2) is 9.97 Å². The van der Waals surface area contributed by atoms with Gasteiger partial charge in [-0.15, -0.1) is 0 Å². The Hall–Kier alpha value is -1.68. The number of pyridine rings is 1. The first-order valence-electron chi connectivity index (χ1n) is 5.95. The maximum Gasteiger partial charge on any atom is 0.142 e. The minimum absolute atomic E-state index is 0.499. The molecule has 17 heavy (non-hydrogen) atoms. The van der Waals surface area contributed by atoms with Crippen LogP contribution in [0.2, 0.25) is 0 Å². The summed E-state index contributed by atoms with van der Waals surface area (Å²) in [5, 5.41) is 0. The molecule has 90 valence electrons. The van der Waals surface area contributed by atoms with Crippen molar-refractivity contribution in [3.05, 3.63) is 41.6 Å². The molecule has 0 saturated carbocycles. The van der Waals surface area contributed by atoms with Crippen LogP contribution in [0.25, 0.3) is 5.82 Å². The van der Waals surface area contributed by atoms with E-state index in [2.05, 4.69) is 23.8 Å². The number of nitrogens with two attached hydrogens (primary N) is 1. The minimum Gasteiger partial charge on any atom is -0.326 e. The van der Waals surface area contributed by atoms with Crippen molar-refractivity contribution in [1.29, 1.82) is 0 Å². The van der Waals surface area contributed by atoms with Crippen molar-refractivity contribution in [2.75, 3.05) is 0 Å². The van der Waals surface area contributed by atoms with Gasteiger partial charge in [0.15, 0.2) is 0 Å². The monoisotopic (exact) mass is 230 g/mol. The smallest absolute Gasteiger partial charge is 0.142 e. The lowest BCUT2D eigenvalue weighted by molar-refractivity contribution is 0.788. The zero-order valence-corrected chi connectivity index (χ0v) is 10.3.